The van der Waals surface area contributed by atoms with Gasteiger partial charge in [0.25, 0.3) is 0 Å². The maximum absolute atomic E-state index is 5.60. The molecule has 0 aromatic carbocycles. The predicted octanol–water partition coefficient (Wildman–Crippen LogP) is 2.58. The van der Waals surface area contributed by atoms with Gasteiger partial charge in [-0.1, -0.05) is 6.07 Å². The molecule has 5 heterocycles. The predicted molar refractivity (Wildman–Crippen MR) is 112 cm³/mol. The fraction of sp³-hybridized carbons (Fsp3) is 0.286. The number of aromatic nitrogens is 5. The quantitative estimate of drug-likeness (QED) is 0.546. The number of fused-ring (bicyclic) bond motifs is 1. The molecular formula is C21H23N7O. The largest absolute Gasteiger partial charge is 0.494 e. The molecule has 0 spiro atoms. The maximum atomic E-state index is 5.60. The van der Waals surface area contributed by atoms with Gasteiger partial charge in [-0.15, -0.1) is 0 Å². The number of ether oxygens (including phenoxy) is 1. The van der Waals surface area contributed by atoms with Gasteiger partial charge in [-0.05, 0) is 31.2 Å². The van der Waals surface area contributed by atoms with Crippen LogP contribution in [-0.4, -0.2) is 50.6 Å². The van der Waals surface area contributed by atoms with E-state index in [1.165, 1.54) is 0 Å². The molecule has 1 aliphatic rings. The second-order valence-electron chi connectivity index (χ2n) is 7.29. The molecule has 1 aliphatic heterocycles. The Kier molecular flexibility index (Phi) is 4.40. The summed E-state index contributed by atoms with van der Waals surface area (Å²) in [5.74, 6) is 1.63. The second-order valence-corrected chi connectivity index (χ2v) is 7.29. The normalized spacial score (nSPS) is 16.4. The fourth-order valence-corrected chi connectivity index (χ4v) is 3.80. The Bertz CT molecular complexity index is 1160. The van der Waals surface area contributed by atoms with E-state index in [0.29, 0.717) is 6.04 Å². The maximum Gasteiger partial charge on any atom is 0.145 e. The van der Waals surface area contributed by atoms with Gasteiger partial charge >= 0.3 is 0 Å². The average Bonchev–Trinajstić information content (AvgIpc) is 3.48. The van der Waals surface area contributed by atoms with Crippen LogP contribution < -0.4 is 15.4 Å². The number of hydrogen-bond acceptors (Lipinski definition) is 6. The zero-order valence-corrected chi connectivity index (χ0v) is 16.5. The van der Waals surface area contributed by atoms with Crippen molar-refractivity contribution in [2.75, 3.05) is 25.5 Å². The topological polar surface area (TPSA) is 81.3 Å². The zero-order valence-electron chi connectivity index (χ0n) is 16.5. The van der Waals surface area contributed by atoms with Crippen LogP contribution >= 0.6 is 0 Å². The molecule has 8 nitrogen and oxygen atoms in total. The Morgan fingerprint density at radius 3 is 2.86 bits per heavy atom. The first-order valence-corrected chi connectivity index (χ1v) is 9.70. The third-order valence-electron chi connectivity index (χ3n) is 5.29. The Morgan fingerprint density at radius 2 is 2.10 bits per heavy atom. The molecule has 148 valence electrons. The van der Waals surface area contributed by atoms with Crippen LogP contribution in [0, 0.1) is 0 Å². The summed E-state index contributed by atoms with van der Waals surface area (Å²) in [5, 5.41) is 15.7. The van der Waals surface area contributed by atoms with E-state index in [1.807, 2.05) is 54.5 Å². The number of hydrogen-bond donors (Lipinski definition) is 2. The summed E-state index contributed by atoms with van der Waals surface area (Å²) >= 11 is 0. The summed E-state index contributed by atoms with van der Waals surface area (Å²) < 4.78 is 9.21. The highest BCUT2D eigenvalue weighted by Gasteiger charge is 2.17. The summed E-state index contributed by atoms with van der Waals surface area (Å²) in [7, 11) is 3.57. The molecule has 0 bridgehead atoms. The zero-order chi connectivity index (χ0) is 19.8. The molecule has 8 heteroatoms. The Hall–Kier alpha value is -3.39. The minimum atomic E-state index is 0.420. The van der Waals surface area contributed by atoms with Crippen molar-refractivity contribution in [2.24, 2.45) is 7.05 Å². The molecule has 4 aromatic heterocycles. The highest BCUT2D eigenvalue weighted by molar-refractivity contribution is 5.84. The number of aryl methyl sites for hydroxylation is 1. The van der Waals surface area contributed by atoms with Crippen LogP contribution in [0.2, 0.25) is 0 Å². The van der Waals surface area contributed by atoms with Crippen LogP contribution in [0.3, 0.4) is 0 Å². The van der Waals surface area contributed by atoms with E-state index in [9.17, 15) is 0 Å². The lowest BCUT2D eigenvalue weighted by atomic mass is 10.1. The van der Waals surface area contributed by atoms with Crippen LogP contribution in [0.1, 0.15) is 6.42 Å². The van der Waals surface area contributed by atoms with Gasteiger partial charge in [0.1, 0.15) is 11.6 Å². The lowest BCUT2D eigenvalue weighted by molar-refractivity contribution is 0.413. The van der Waals surface area contributed by atoms with E-state index >= 15 is 0 Å². The highest BCUT2D eigenvalue weighted by atomic mass is 16.5. The van der Waals surface area contributed by atoms with Crippen LogP contribution in [0.25, 0.3) is 27.9 Å². The molecule has 5 rings (SSSR count). The van der Waals surface area contributed by atoms with E-state index in [4.69, 9.17) is 9.72 Å². The van der Waals surface area contributed by atoms with Gasteiger partial charge in [-0.3, -0.25) is 4.68 Å². The molecular weight excluding hydrogens is 366 g/mol. The van der Waals surface area contributed by atoms with Gasteiger partial charge in [0.2, 0.25) is 0 Å². The van der Waals surface area contributed by atoms with Crippen LogP contribution in [-0.2, 0) is 7.05 Å². The molecule has 1 atom stereocenters. The summed E-state index contributed by atoms with van der Waals surface area (Å²) in [5.41, 5.74) is 4.80. The van der Waals surface area contributed by atoms with E-state index < -0.39 is 0 Å². The third kappa shape index (κ3) is 3.31. The molecule has 29 heavy (non-hydrogen) atoms. The summed E-state index contributed by atoms with van der Waals surface area (Å²) in [6, 6.07) is 8.56. The molecule has 2 N–H and O–H groups in total. The molecule has 0 saturated carbocycles. The molecule has 0 amide bonds. The minimum Gasteiger partial charge on any atom is -0.494 e. The molecule has 4 aromatic rings. The summed E-state index contributed by atoms with van der Waals surface area (Å²) in [4.78, 5) is 4.84. The molecule has 1 saturated heterocycles. The number of anilines is 1. The van der Waals surface area contributed by atoms with Crippen LogP contribution in [0.4, 0.5) is 5.82 Å². The SMILES string of the molecule is COc1cn2ncc(-c3cccc(NC4CCNC4)n3)c2cc1-c1cnn(C)c1. The van der Waals surface area contributed by atoms with E-state index in [-0.39, 0.29) is 0 Å². The number of nitrogens with one attached hydrogen (secondary N) is 2. The van der Waals surface area contributed by atoms with Crippen molar-refractivity contribution in [3.05, 3.63) is 49.1 Å². The number of rotatable bonds is 5. The molecule has 1 unspecified atom stereocenters. The Balaban J connectivity index is 1.57. The van der Waals surface area contributed by atoms with Crippen LogP contribution in [0.15, 0.2) is 49.1 Å². The van der Waals surface area contributed by atoms with Gasteiger partial charge in [0.05, 0.1) is 36.9 Å². The highest BCUT2D eigenvalue weighted by Crippen LogP contribution is 2.34. The van der Waals surface area contributed by atoms with Crippen molar-refractivity contribution in [1.29, 1.82) is 0 Å². The number of nitrogens with zero attached hydrogens (tertiary/aromatic N) is 5. The van der Waals surface area contributed by atoms with Crippen molar-refractivity contribution in [3.8, 4) is 28.1 Å². The van der Waals surface area contributed by atoms with Crippen molar-refractivity contribution in [3.63, 3.8) is 0 Å². The van der Waals surface area contributed by atoms with Gasteiger partial charge in [0, 0.05) is 42.5 Å². The first kappa shape index (κ1) is 17.7. The Labute approximate surface area is 168 Å². The van der Waals surface area contributed by atoms with Crippen molar-refractivity contribution >= 4 is 11.3 Å². The average molecular weight is 389 g/mol. The third-order valence-corrected chi connectivity index (χ3v) is 5.29. The fourth-order valence-electron chi connectivity index (χ4n) is 3.80. The first-order chi connectivity index (χ1) is 14.2. The number of methoxy groups -OCH3 is 1. The lowest BCUT2D eigenvalue weighted by Gasteiger charge is -2.13. The molecule has 1 fully saturated rings. The summed E-state index contributed by atoms with van der Waals surface area (Å²) in [6.45, 7) is 2.02. The van der Waals surface area contributed by atoms with Crippen molar-refractivity contribution in [1.82, 2.24) is 29.7 Å². The minimum absolute atomic E-state index is 0.420. The molecule has 0 radical (unpaired) electrons. The van der Waals surface area contributed by atoms with Gasteiger partial charge < -0.3 is 15.4 Å². The van der Waals surface area contributed by atoms with Gasteiger partial charge in [0.15, 0.2) is 0 Å². The van der Waals surface area contributed by atoms with E-state index in [2.05, 4.69) is 26.9 Å². The smallest absolute Gasteiger partial charge is 0.145 e. The van der Waals surface area contributed by atoms with Crippen LogP contribution in [0.5, 0.6) is 5.75 Å². The van der Waals surface area contributed by atoms with Gasteiger partial charge in [-0.25, -0.2) is 9.50 Å². The van der Waals surface area contributed by atoms with Crippen molar-refractivity contribution < 1.29 is 4.74 Å². The Morgan fingerprint density at radius 1 is 1.17 bits per heavy atom. The first-order valence-electron chi connectivity index (χ1n) is 9.70. The molecule has 0 aliphatic carbocycles. The monoisotopic (exact) mass is 389 g/mol. The second kappa shape index (κ2) is 7.21. The van der Waals surface area contributed by atoms with Crippen molar-refractivity contribution in [2.45, 2.75) is 12.5 Å². The number of pyridine rings is 2. The van der Waals surface area contributed by atoms with E-state index in [1.54, 1.807) is 11.8 Å². The van der Waals surface area contributed by atoms with Gasteiger partial charge in [-0.2, -0.15) is 10.2 Å². The lowest BCUT2D eigenvalue weighted by Crippen LogP contribution is -2.22. The standard InChI is InChI=1S/C21H23N7O/c1-27-12-14(9-23-27)16-8-19-17(11-24-28(19)13-20(16)29-2)18-4-3-5-21(26-18)25-15-6-7-22-10-15/h3-5,8-9,11-13,15,22H,6-7,10H2,1-2H3,(H,25,26). The van der Waals surface area contributed by atoms with E-state index in [0.717, 1.165) is 59.0 Å². The summed E-state index contributed by atoms with van der Waals surface area (Å²) in [6.07, 6.45) is 8.67.